The molecule has 1 unspecified atom stereocenters. The molecule has 5 nitrogen and oxygen atoms in total. The van der Waals surface area contributed by atoms with E-state index < -0.39 is 0 Å². The molecule has 0 aromatic heterocycles. The molecule has 3 aromatic rings. The summed E-state index contributed by atoms with van der Waals surface area (Å²) < 4.78 is 0. The lowest BCUT2D eigenvalue weighted by Gasteiger charge is -2.33. The third kappa shape index (κ3) is 5.68. The van der Waals surface area contributed by atoms with Crippen molar-refractivity contribution in [3.05, 3.63) is 101 Å². The van der Waals surface area contributed by atoms with Crippen molar-refractivity contribution in [3.8, 4) is 0 Å². The van der Waals surface area contributed by atoms with Crippen LogP contribution in [0.4, 0.5) is 10.5 Å². The summed E-state index contributed by atoms with van der Waals surface area (Å²) in [5, 5.41) is 6.55. The van der Waals surface area contributed by atoms with E-state index in [2.05, 4.69) is 10.6 Å². The number of likely N-dealkylation sites (tertiary alicyclic amines) is 1. The van der Waals surface area contributed by atoms with Crippen molar-refractivity contribution in [1.82, 2.24) is 10.2 Å². The molecule has 4 rings (SSSR count). The van der Waals surface area contributed by atoms with Crippen LogP contribution in [0, 0.1) is 0 Å². The Morgan fingerprint density at radius 3 is 2.53 bits per heavy atom. The predicted molar refractivity (Wildman–Crippen MR) is 128 cm³/mol. The lowest BCUT2D eigenvalue weighted by atomic mass is 9.89. The molecule has 0 aliphatic carbocycles. The van der Waals surface area contributed by atoms with Gasteiger partial charge in [-0.05, 0) is 60.4 Å². The second-order valence-corrected chi connectivity index (χ2v) is 8.45. The number of anilines is 1. The number of hydrogen-bond acceptors (Lipinski definition) is 2. The number of carbonyl (C=O) groups is 2. The van der Waals surface area contributed by atoms with Crippen molar-refractivity contribution in [2.75, 3.05) is 18.4 Å². The van der Waals surface area contributed by atoms with E-state index in [1.807, 2.05) is 59.5 Å². The molecule has 3 amide bonds. The first-order chi connectivity index (χ1) is 15.6. The molecule has 0 spiro atoms. The van der Waals surface area contributed by atoms with Crippen LogP contribution in [0.15, 0.2) is 78.9 Å². The molecule has 164 valence electrons. The van der Waals surface area contributed by atoms with Gasteiger partial charge in [-0.2, -0.15) is 0 Å². The highest BCUT2D eigenvalue weighted by Gasteiger charge is 2.25. The number of urea groups is 1. The van der Waals surface area contributed by atoms with Crippen molar-refractivity contribution in [2.24, 2.45) is 0 Å². The average Bonchev–Trinajstić information content (AvgIpc) is 2.85. The smallest absolute Gasteiger partial charge is 0.321 e. The minimum absolute atomic E-state index is 0.0937. The van der Waals surface area contributed by atoms with Gasteiger partial charge in [-0.1, -0.05) is 54.1 Å². The Morgan fingerprint density at radius 2 is 1.75 bits per heavy atom. The van der Waals surface area contributed by atoms with Crippen LogP contribution in [0.25, 0.3) is 0 Å². The van der Waals surface area contributed by atoms with E-state index in [4.69, 9.17) is 11.6 Å². The van der Waals surface area contributed by atoms with Crippen molar-refractivity contribution in [2.45, 2.75) is 25.3 Å². The van der Waals surface area contributed by atoms with E-state index in [1.165, 1.54) is 0 Å². The Labute approximate surface area is 193 Å². The summed E-state index contributed by atoms with van der Waals surface area (Å²) in [7, 11) is 0. The summed E-state index contributed by atoms with van der Waals surface area (Å²) >= 11 is 5.92. The Bertz CT molecular complexity index is 1070. The van der Waals surface area contributed by atoms with Crippen LogP contribution in [-0.2, 0) is 6.54 Å². The quantitative estimate of drug-likeness (QED) is 0.528. The molecule has 0 radical (unpaired) electrons. The number of hydrogen-bond donors (Lipinski definition) is 2. The molecule has 3 aromatic carbocycles. The van der Waals surface area contributed by atoms with Crippen molar-refractivity contribution in [1.29, 1.82) is 0 Å². The van der Waals surface area contributed by atoms with Gasteiger partial charge in [0.15, 0.2) is 0 Å². The van der Waals surface area contributed by atoms with Gasteiger partial charge in [0, 0.05) is 41.8 Å². The third-order valence-corrected chi connectivity index (χ3v) is 5.97. The fraction of sp³-hybridized carbons (Fsp3) is 0.231. The molecule has 6 heteroatoms. The summed E-state index contributed by atoms with van der Waals surface area (Å²) in [6, 6.07) is 24.6. The summed E-state index contributed by atoms with van der Waals surface area (Å²) in [6.45, 7) is 1.83. The van der Waals surface area contributed by atoms with Crippen LogP contribution in [0.5, 0.6) is 0 Å². The lowest BCUT2D eigenvalue weighted by molar-refractivity contribution is 0.0950. The summed E-state index contributed by atoms with van der Waals surface area (Å²) in [4.78, 5) is 27.2. The van der Waals surface area contributed by atoms with Gasteiger partial charge in [-0.15, -0.1) is 0 Å². The van der Waals surface area contributed by atoms with Gasteiger partial charge in [-0.25, -0.2) is 4.79 Å². The molecular formula is C26H26ClN3O2. The molecule has 1 aliphatic heterocycles. The van der Waals surface area contributed by atoms with Gasteiger partial charge in [-0.3, -0.25) is 4.79 Å². The minimum atomic E-state index is -0.117. The van der Waals surface area contributed by atoms with E-state index >= 15 is 0 Å². The second-order valence-electron chi connectivity index (χ2n) is 8.02. The molecule has 1 fully saturated rings. The maximum Gasteiger partial charge on any atom is 0.321 e. The maximum absolute atomic E-state index is 12.7. The number of carbonyl (C=O) groups excluding carboxylic acids is 2. The molecule has 1 atom stereocenters. The van der Waals surface area contributed by atoms with E-state index in [1.54, 1.807) is 24.3 Å². The monoisotopic (exact) mass is 447 g/mol. The van der Waals surface area contributed by atoms with E-state index in [9.17, 15) is 9.59 Å². The Morgan fingerprint density at radius 1 is 0.969 bits per heavy atom. The standard InChI is InChI=1S/C26H26ClN3O2/c27-23-11-13-24(14-12-23)29-26(32)30-15-5-10-22(18-30)20-8-4-9-21(16-20)25(31)28-17-19-6-2-1-3-7-19/h1-4,6-9,11-14,16,22H,5,10,15,17-18H2,(H,28,31)(H,29,32). The van der Waals surface area contributed by atoms with Gasteiger partial charge in [0.2, 0.25) is 0 Å². The molecule has 2 N–H and O–H groups in total. The molecule has 32 heavy (non-hydrogen) atoms. The number of nitrogens with one attached hydrogen (secondary N) is 2. The van der Waals surface area contributed by atoms with Crippen LogP contribution in [0.3, 0.4) is 0 Å². The highest BCUT2D eigenvalue weighted by molar-refractivity contribution is 6.30. The van der Waals surface area contributed by atoms with E-state index in [0.717, 1.165) is 29.7 Å². The van der Waals surface area contributed by atoms with Gasteiger partial charge in [0.1, 0.15) is 0 Å². The summed E-state index contributed by atoms with van der Waals surface area (Å²) in [5.74, 6) is 0.102. The maximum atomic E-state index is 12.7. The van der Waals surface area contributed by atoms with Crippen LogP contribution < -0.4 is 10.6 Å². The number of nitrogens with zero attached hydrogens (tertiary/aromatic N) is 1. The van der Waals surface area contributed by atoms with Crippen molar-refractivity contribution < 1.29 is 9.59 Å². The van der Waals surface area contributed by atoms with Crippen LogP contribution in [0.1, 0.15) is 40.2 Å². The minimum Gasteiger partial charge on any atom is -0.348 e. The zero-order chi connectivity index (χ0) is 22.3. The van der Waals surface area contributed by atoms with E-state index in [-0.39, 0.29) is 17.9 Å². The van der Waals surface area contributed by atoms with E-state index in [0.29, 0.717) is 30.2 Å². The Kier molecular flexibility index (Phi) is 7.07. The first-order valence-corrected chi connectivity index (χ1v) is 11.2. The molecule has 1 heterocycles. The SMILES string of the molecule is O=C(NCc1ccccc1)c1cccc(C2CCCN(C(=O)Nc3ccc(Cl)cc3)C2)c1. The normalized spacial score (nSPS) is 15.8. The number of amides is 3. The Balaban J connectivity index is 1.38. The largest absolute Gasteiger partial charge is 0.348 e. The zero-order valence-corrected chi connectivity index (χ0v) is 18.5. The van der Waals surface area contributed by atoms with Gasteiger partial charge >= 0.3 is 6.03 Å². The molecule has 1 saturated heterocycles. The molecule has 0 bridgehead atoms. The number of rotatable bonds is 5. The number of piperidine rings is 1. The van der Waals surface area contributed by atoms with Gasteiger partial charge < -0.3 is 15.5 Å². The van der Waals surface area contributed by atoms with Crippen LogP contribution >= 0.6 is 11.6 Å². The van der Waals surface area contributed by atoms with Gasteiger partial charge in [0.25, 0.3) is 5.91 Å². The third-order valence-electron chi connectivity index (χ3n) is 5.72. The second kappa shape index (κ2) is 10.3. The highest BCUT2D eigenvalue weighted by atomic mass is 35.5. The summed E-state index contributed by atoms with van der Waals surface area (Å²) in [5.41, 5.74) is 3.51. The molecular weight excluding hydrogens is 422 g/mol. The average molecular weight is 448 g/mol. The molecule has 1 aliphatic rings. The lowest BCUT2D eigenvalue weighted by Crippen LogP contribution is -2.41. The van der Waals surface area contributed by atoms with Crippen LogP contribution in [-0.4, -0.2) is 29.9 Å². The fourth-order valence-electron chi connectivity index (χ4n) is 3.98. The van der Waals surface area contributed by atoms with Crippen LogP contribution in [0.2, 0.25) is 5.02 Å². The highest BCUT2D eigenvalue weighted by Crippen LogP contribution is 2.28. The Hall–Kier alpha value is -3.31. The predicted octanol–water partition coefficient (Wildman–Crippen LogP) is 5.68. The van der Waals surface area contributed by atoms with Crippen molar-refractivity contribution >= 4 is 29.2 Å². The summed E-state index contributed by atoms with van der Waals surface area (Å²) in [6.07, 6.45) is 1.91. The molecule has 0 saturated carbocycles. The van der Waals surface area contributed by atoms with Gasteiger partial charge in [0.05, 0.1) is 0 Å². The topological polar surface area (TPSA) is 61.4 Å². The first-order valence-electron chi connectivity index (χ1n) is 10.8. The fourth-order valence-corrected chi connectivity index (χ4v) is 4.11. The number of halogens is 1. The first kappa shape index (κ1) is 21.9. The van der Waals surface area contributed by atoms with Crippen molar-refractivity contribution in [3.63, 3.8) is 0 Å². The zero-order valence-electron chi connectivity index (χ0n) is 17.8. The number of benzene rings is 3.